The van der Waals surface area contributed by atoms with Crippen molar-refractivity contribution in [2.24, 2.45) is 0 Å². The van der Waals surface area contributed by atoms with Crippen LogP contribution in [0.5, 0.6) is 0 Å². The number of sulfonamides is 1. The summed E-state index contributed by atoms with van der Waals surface area (Å²) < 4.78 is 33.2. The Morgan fingerprint density at radius 1 is 1.21 bits per heavy atom. The van der Waals surface area contributed by atoms with E-state index in [0.29, 0.717) is 24.8 Å². The van der Waals surface area contributed by atoms with Crippen molar-refractivity contribution in [3.05, 3.63) is 51.7 Å². The van der Waals surface area contributed by atoms with Crippen molar-refractivity contribution in [1.82, 2.24) is 9.62 Å². The summed E-state index contributed by atoms with van der Waals surface area (Å²) in [5.41, 5.74) is 0. The maximum Gasteiger partial charge on any atom is 0.240 e. The molecule has 3 rings (SSSR count). The van der Waals surface area contributed by atoms with Crippen molar-refractivity contribution in [1.29, 1.82) is 0 Å². The summed E-state index contributed by atoms with van der Waals surface area (Å²) in [5, 5.41) is 2.52. The normalized spacial score (nSPS) is 17.7. The molecule has 24 heavy (non-hydrogen) atoms. The van der Waals surface area contributed by atoms with Gasteiger partial charge < -0.3 is 4.74 Å². The summed E-state index contributed by atoms with van der Waals surface area (Å²) in [4.78, 5) is 3.63. The fourth-order valence-corrected chi connectivity index (χ4v) is 4.69. The van der Waals surface area contributed by atoms with E-state index in [1.165, 1.54) is 12.1 Å². The molecular weight excluding hydrogens is 368 g/mol. The fourth-order valence-electron chi connectivity index (χ4n) is 2.67. The molecule has 0 saturated carbocycles. The number of hydrogen-bond donors (Lipinski definition) is 1. The number of nitrogens with zero attached hydrogens (tertiary/aromatic N) is 1. The molecule has 1 atom stereocenters. The molecule has 1 aromatic carbocycles. The van der Waals surface area contributed by atoms with Gasteiger partial charge in [0.2, 0.25) is 10.0 Å². The molecular formula is C16H19ClN2O3S2. The van der Waals surface area contributed by atoms with Crippen molar-refractivity contribution in [2.75, 3.05) is 32.8 Å². The first kappa shape index (κ1) is 17.8. The Labute approximate surface area is 151 Å². The molecule has 0 aliphatic carbocycles. The second kappa shape index (κ2) is 7.95. The van der Waals surface area contributed by atoms with E-state index >= 15 is 0 Å². The molecule has 0 amide bonds. The molecule has 1 fully saturated rings. The van der Waals surface area contributed by atoms with Gasteiger partial charge in [-0.25, -0.2) is 13.1 Å². The van der Waals surface area contributed by atoms with E-state index in [-0.39, 0.29) is 10.9 Å². The molecule has 0 spiro atoms. The van der Waals surface area contributed by atoms with E-state index in [1.807, 2.05) is 17.5 Å². The topological polar surface area (TPSA) is 58.6 Å². The van der Waals surface area contributed by atoms with Gasteiger partial charge in [0.05, 0.1) is 24.2 Å². The third-order valence-electron chi connectivity index (χ3n) is 3.95. The standard InChI is InChI=1S/C16H19ClN2O3S2/c17-13-3-5-14(6-4-13)24(20,21)18-12-15(16-2-1-11-23-16)19-7-9-22-10-8-19/h1-6,11,15,18H,7-10,12H2. The zero-order chi connectivity index (χ0) is 17.0. The van der Waals surface area contributed by atoms with Gasteiger partial charge in [-0.2, -0.15) is 0 Å². The molecule has 0 bridgehead atoms. The smallest absolute Gasteiger partial charge is 0.240 e. The summed E-state index contributed by atoms with van der Waals surface area (Å²) >= 11 is 7.46. The van der Waals surface area contributed by atoms with Crippen LogP contribution in [0.2, 0.25) is 5.02 Å². The molecule has 2 aromatic rings. The third-order valence-corrected chi connectivity index (χ3v) is 6.61. The molecule has 2 heterocycles. The highest BCUT2D eigenvalue weighted by Crippen LogP contribution is 2.26. The van der Waals surface area contributed by atoms with Gasteiger partial charge in [0.25, 0.3) is 0 Å². The van der Waals surface area contributed by atoms with Crippen molar-refractivity contribution in [3.63, 3.8) is 0 Å². The maximum atomic E-state index is 12.5. The van der Waals surface area contributed by atoms with Gasteiger partial charge in [-0.15, -0.1) is 11.3 Å². The first-order chi connectivity index (χ1) is 11.6. The molecule has 1 aliphatic rings. The molecule has 0 radical (unpaired) electrons. The van der Waals surface area contributed by atoms with Gasteiger partial charge in [0.15, 0.2) is 0 Å². The highest BCUT2D eigenvalue weighted by atomic mass is 35.5. The van der Waals surface area contributed by atoms with E-state index in [4.69, 9.17) is 16.3 Å². The molecule has 1 unspecified atom stereocenters. The minimum absolute atomic E-state index is 0.0102. The zero-order valence-corrected chi connectivity index (χ0v) is 15.4. The monoisotopic (exact) mass is 386 g/mol. The highest BCUT2D eigenvalue weighted by molar-refractivity contribution is 7.89. The summed E-state index contributed by atoms with van der Waals surface area (Å²) in [6.45, 7) is 3.26. The van der Waals surface area contributed by atoms with Crippen LogP contribution < -0.4 is 4.72 Å². The SMILES string of the molecule is O=S(=O)(NCC(c1cccs1)N1CCOCC1)c1ccc(Cl)cc1. The maximum absolute atomic E-state index is 12.5. The fraction of sp³-hybridized carbons (Fsp3) is 0.375. The zero-order valence-electron chi connectivity index (χ0n) is 13.0. The molecule has 8 heteroatoms. The van der Waals surface area contributed by atoms with Gasteiger partial charge in [-0.05, 0) is 35.7 Å². The summed E-state index contributed by atoms with van der Waals surface area (Å²) in [6.07, 6.45) is 0. The predicted octanol–water partition coefficient (Wildman–Crippen LogP) is 2.75. The minimum Gasteiger partial charge on any atom is -0.379 e. The minimum atomic E-state index is -3.56. The second-order valence-corrected chi connectivity index (χ2v) is 8.67. The number of morpholine rings is 1. The lowest BCUT2D eigenvalue weighted by atomic mass is 10.2. The van der Waals surface area contributed by atoms with Gasteiger partial charge in [0.1, 0.15) is 0 Å². The number of thiophene rings is 1. The van der Waals surface area contributed by atoms with Gasteiger partial charge in [0, 0.05) is 29.5 Å². The molecule has 1 aromatic heterocycles. The lowest BCUT2D eigenvalue weighted by molar-refractivity contribution is 0.0179. The van der Waals surface area contributed by atoms with Gasteiger partial charge >= 0.3 is 0 Å². The number of nitrogens with one attached hydrogen (secondary N) is 1. The molecule has 1 aliphatic heterocycles. The van der Waals surface area contributed by atoms with Crippen LogP contribution in [-0.2, 0) is 14.8 Å². The number of benzene rings is 1. The van der Waals surface area contributed by atoms with Crippen LogP contribution in [0.1, 0.15) is 10.9 Å². The first-order valence-electron chi connectivity index (χ1n) is 7.67. The lowest BCUT2D eigenvalue weighted by Crippen LogP contribution is -2.43. The average molecular weight is 387 g/mol. The van der Waals surface area contributed by atoms with Crippen LogP contribution in [0.4, 0.5) is 0 Å². The quantitative estimate of drug-likeness (QED) is 0.829. The number of halogens is 1. The van der Waals surface area contributed by atoms with E-state index in [1.54, 1.807) is 23.5 Å². The van der Waals surface area contributed by atoms with Crippen LogP contribution in [0.15, 0.2) is 46.7 Å². The molecule has 130 valence electrons. The van der Waals surface area contributed by atoms with Crippen LogP contribution in [-0.4, -0.2) is 46.2 Å². The Kier molecular flexibility index (Phi) is 5.91. The summed E-state index contributed by atoms with van der Waals surface area (Å²) in [7, 11) is -3.56. The van der Waals surface area contributed by atoms with E-state index in [0.717, 1.165) is 18.0 Å². The second-order valence-electron chi connectivity index (χ2n) is 5.49. The van der Waals surface area contributed by atoms with Crippen molar-refractivity contribution >= 4 is 33.0 Å². The predicted molar refractivity (Wildman–Crippen MR) is 96.1 cm³/mol. The van der Waals surface area contributed by atoms with E-state index in [2.05, 4.69) is 9.62 Å². The number of rotatable bonds is 6. The average Bonchev–Trinajstić information content (AvgIpc) is 3.11. The van der Waals surface area contributed by atoms with Crippen LogP contribution in [0.25, 0.3) is 0 Å². The Hall–Kier alpha value is -0.960. The summed E-state index contributed by atoms with van der Waals surface area (Å²) in [6, 6.07) is 10.2. The number of hydrogen-bond acceptors (Lipinski definition) is 5. The Balaban J connectivity index is 1.74. The molecule has 1 saturated heterocycles. The van der Waals surface area contributed by atoms with Crippen molar-refractivity contribution in [3.8, 4) is 0 Å². The van der Waals surface area contributed by atoms with E-state index < -0.39 is 10.0 Å². The van der Waals surface area contributed by atoms with Gasteiger partial charge in [-0.1, -0.05) is 17.7 Å². The third kappa shape index (κ3) is 4.36. The van der Waals surface area contributed by atoms with Crippen molar-refractivity contribution < 1.29 is 13.2 Å². The Morgan fingerprint density at radius 3 is 2.54 bits per heavy atom. The van der Waals surface area contributed by atoms with Gasteiger partial charge in [-0.3, -0.25) is 4.90 Å². The van der Waals surface area contributed by atoms with E-state index in [9.17, 15) is 8.42 Å². The lowest BCUT2D eigenvalue weighted by Gasteiger charge is -2.34. The van der Waals surface area contributed by atoms with Crippen LogP contribution >= 0.6 is 22.9 Å². The molecule has 5 nitrogen and oxygen atoms in total. The number of ether oxygens (including phenoxy) is 1. The van der Waals surface area contributed by atoms with Crippen LogP contribution in [0.3, 0.4) is 0 Å². The highest BCUT2D eigenvalue weighted by Gasteiger charge is 2.25. The molecule has 1 N–H and O–H groups in total. The Morgan fingerprint density at radius 2 is 1.92 bits per heavy atom. The summed E-state index contributed by atoms with van der Waals surface area (Å²) in [5.74, 6) is 0. The van der Waals surface area contributed by atoms with Crippen LogP contribution in [0, 0.1) is 0 Å². The largest absolute Gasteiger partial charge is 0.379 e. The Bertz CT molecular complexity index is 742. The van der Waals surface area contributed by atoms with Crippen molar-refractivity contribution in [2.45, 2.75) is 10.9 Å². The first-order valence-corrected chi connectivity index (χ1v) is 10.4.